The zero-order valence-electron chi connectivity index (χ0n) is 9.54. The van der Waals surface area contributed by atoms with Crippen LogP contribution in [0.25, 0.3) is 0 Å². The van der Waals surface area contributed by atoms with Crippen LogP contribution in [-0.4, -0.2) is 21.2 Å². The molecule has 0 saturated carbocycles. The lowest BCUT2D eigenvalue weighted by atomic mass is 10.1. The number of ketones is 1. The molecule has 1 atom stereocenters. The number of nitrogens with two attached hydrogens (primary N) is 1. The average molecular weight is 241 g/mol. The molecule has 0 saturated heterocycles. The summed E-state index contributed by atoms with van der Waals surface area (Å²) in [7, 11) is 0. The van der Waals surface area contributed by atoms with E-state index < -0.39 is 11.9 Å². The third kappa shape index (κ3) is 1.44. The largest absolute Gasteiger partial charge is 0.363 e. The summed E-state index contributed by atoms with van der Waals surface area (Å²) >= 11 is 0. The topological polar surface area (TPSA) is 78.0 Å². The first-order chi connectivity index (χ1) is 8.68. The summed E-state index contributed by atoms with van der Waals surface area (Å²) in [5, 5.41) is 0. The van der Waals surface area contributed by atoms with E-state index in [1.807, 2.05) is 18.2 Å². The molecule has 5 nitrogen and oxygen atoms in total. The van der Waals surface area contributed by atoms with Gasteiger partial charge in [0, 0.05) is 24.4 Å². The van der Waals surface area contributed by atoms with Crippen molar-refractivity contribution in [3.63, 3.8) is 0 Å². The molecule has 1 aromatic heterocycles. The monoisotopic (exact) mass is 241 g/mol. The lowest BCUT2D eigenvalue weighted by Gasteiger charge is -2.11. The van der Waals surface area contributed by atoms with Gasteiger partial charge in [0.25, 0.3) is 5.91 Å². The summed E-state index contributed by atoms with van der Waals surface area (Å²) in [4.78, 5) is 27.4. The van der Waals surface area contributed by atoms with E-state index in [1.54, 1.807) is 16.8 Å². The molecule has 0 spiro atoms. The fourth-order valence-electron chi connectivity index (χ4n) is 2.40. The van der Waals surface area contributed by atoms with Crippen LogP contribution in [0, 0.1) is 0 Å². The maximum atomic E-state index is 12.3. The second-order valence-electron chi connectivity index (χ2n) is 4.26. The zero-order chi connectivity index (χ0) is 12.7. The molecule has 90 valence electrons. The van der Waals surface area contributed by atoms with Gasteiger partial charge in [-0.2, -0.15) is 0 Å². The first-order valence-corrected chi connectivity index (χ1v) is 5.63. The van der Waals surface area contributed by atoms with Gasteiger partial charge in [-0.1, -0.05) is 24.3 Å². The number of fused-ring (bicyclic) bond motifs is 1. The number of hydrogen-bond acceptors (Lipinski definition) is 3. The number of Topliss-reactive ketones (excluding diaryl/α,β-unsaturated/α-hetero) is 1. The van der Waals surface area contributed by atoms with Crippen LogP contribution in [0.2, 0.25) is 0 Å². The number of benzene rings is 1. The lowest BCUT2D eigenvalue weighted by molar-refractivity contribution is 0.0931. The Morgan fingerprint density at radius 3 is 2.89 bits per heavy atom. The van der Waals surface area contributed by atoms with Crippen molar-refractivity contribution in [2.45, 2.75) is 12.5 Å². The van der Waals surface area contributed by atoms with Crippen LogP contribution in [0.1, 0.15) is 32.6 Å². The first kappa shape index (κ1) is 10.7. The van der Waals surface area contributed by atoms with E-state index in [9.17, 15) is 9.59 Å². The van der Waals surface area contributed by atoms with Crippen molar-refractivity contribution in [1.82, 2.24) is 9.55 Å². The Kier molecular flexibility index (Phi) is 2.26. The number of imidazole rings is 1. The van der Waals surface area contributed by atoms with Gasteiger partial charge in [-0.3, -0.25) is 9.59 Å². The van der Waals surface area contributed by atoms with Gasteiger partial charge in [0.15, 0.2) is 11.6 Å². The van der Waals surface area contributed by atoms with E-state index in [4.69, 9.17) is 5.73 Å². The first-order valence-electron chi connectivity index (χ1n) is 5.63. The number of amides is 1. The molecule has 0 radical (unpaired) electrons. The Labute approximate surface area is 103 Å². The van der Waals surface area contributed by atoms with E-state index in [2.05, 4.69) is 4.98 Å². The molecule has 2 N–H and O–H groups in total. The summed E-state index contributed by atoms with van der Waals surface area (Å²) in [6, 6.07) is 7.05. The summed E-state index contributed by atoms with van der Waals surface area (Å²) in [5.41, 5.74) is 6.95. The Morgan fingerprint density at radius 2 is 2.17 bits per heavy atom. The third-order valence-electron chi connectivity index (χ3n) is 3.22. The summed E-state index contributed by atoms with van der Waals surface area (Å²) in [6.45, 7) is 0. The summed E-state index contributed by atoms with van der Waals surface area (Å²) < 4.78 is 1.56. The number of nitrogens with zero attached hydrogens (tertiary/aromatic N) is 2. The molecule has 1 aliphatic rings. The second-order valence-corrected chi connectivity index (χ2v) is 4.26. The number of primary amides is 1. The van der Waals surface area contributed by atoms with Gasteiger partial charge in [0.2, 0.25) is 0 Å². The zero-order valence-corrected chi connectivity index (χ0v) is 9.54. The predicted molar refractivity (Wildman–Crippen MR) is 64.3 cm³/mol. The number of hydrogen-bond donors (Lipinski definition) is 1. The van der Waals surface area contributed by atoms with Gasteiger partial charge in [-0.05, 0) is 5.56 Å². The molecular formula is C13H11N3O2. The highest BCUT2D eigenvalue weighted by atomic mass is 16.1. The quantitative estimate of drug-likeness (QED) is 0.850. The molecule has 1 aliphatic carbocycles. The molecule has 2 aromatic rings. The summed E-state index contributed by atoms with van der Waals surface area (Å²) in [5.74, 6) is -0.490. The summed E-state index contributed by atoms with van der Waals surface area (Å²) in [6.07, 6.45) is 3.68. The van der Waals surface area contributed by atoms with Crippen molar-refractivity contribution in [3.8, 4) is 0 Å². The predicted octanol–water partition coefficient (Wildman–Crippen LogP) is 0.962. The van der Waals surface area contributed by atoms with E-state index in [0.29, 0.717) is 12.0 Å². The van der Waals surface area contributed by atoms with Crippen molar-refractivity contribution < 1.29 is 9.59 Å². The fourth-order valence-corrected chi connectivity index (χ4v) is 2.40. The minimum atomic E-state index is -0.622. The molecule has 1 amide bonds. The lowest BCUT2D eigenvalue weighted by Crippen LogP contribution is -2.23. The molecule has 0 fully saturated rings. The van der Waals surface area contributed by atoms with E-state index in [-0.39, 0.29) is 11.6 Å². The van der Waals surface area contributed by atoms with Crippen LogP contribution in [0.5, 0.6) is 0 Å². The Hall–Kier alpha value is -2.43. The molecule has 0 aliphatic heterocycles. The van der Waals surface area contributed by atoms with Crippen LogP contribution in [0.3, 0.4) is 0 Å². The van der Waals surface area contributed by atoms with Crippen LogP contribution in [-0.2, 0) is 6.42 Å². The number of rotatable bonds is 2. The Morgan fingerprint density at radius 1 is 1.39 bits per heavy atom. The highest BCUT2D eigenvalue weighted by Gasteiger charge is 2.33. The smallest absolute Gasteiger partial charge is 0.284 e. The van der Waals surface area contributed by atoms with Gasteiger partial charge in [0.1, 0.15) is 6.04 Å². The molecule has 1 aromatic carbocycles. The van der Waals surface area contributed by atoms with Gasteiger partial charge in [-0.15, -0.1) is 0 Å². The van der Waals surface area contributed by atoms with Crippen LogP contribution < -0.4 is 5.73 Å². The molecule has 0 bridgehead atoms. The van der Waals surface area contributed by atoms with Crippen LogP contribution in [0.15, 0.2) is 36.7 Å². The third-order valence-corrected chi connectivity index (χ3v) is 3.22. The molecule has 1 unspecified atom stereocenters. The minimum absolute atomic E-state index is 0.00565. The second kappa shape index (κ2) is 3.80. The molecule has 18 heavy (non-hydrogen) atoms. The highest BCUT2D eigenvalue weighted by Crippen LogP contribution is 2.30. The van der Waals surface area contributed by atoms with Crippen molar-refractivity contribution in [2.24, 2.45) is 5.73 Å². The van der Waals surface area contributed by atoms with Gasteiger partial charge in [0.05, 0.1) is 0 Å². The number of carbonyl (C=O) groups is 2. The van der Waals surface area contributed by atoms with Gasteiger partial charge in [-0.25, -0.2) is 4.98 Å². The molecule has 1 heterocycles. The number of aromatic nitrogens is 2. The minimum Gasteiger partial charge on any atom is -0.363 e. The molecular weight excluding hydrogens is 230 g/mol. The Bertz CT molecular complexity index is 645. The van der Waals surface area contributed by atoms with Gasteiger partial charge >= 0.3 is 0 Å². The van der Waals surface area contributed by atoms with Crippen molar-refractivity contribution in [2.75, 3.05) is 0 Å². The molecule has 3 rings (SSSR count). The molecule has 5 heteroatoms. The van der Waals surface area contributed by atoms with Crippen LogP contribution in [0.4, 0.5) is 0 Å². The Balaban J connectivity index is 2.04. The average Bonchev–Trinajstić information content (AvgIpc) is 2.94. The fraction of sp³-hybridized carbons (Fsp3) is 0.154. The standard InChI is InChI=1S/C13H11N3O2/c14-12(18)13-15-5-6-16(13)10-7-8-3-1-2-4-9(8)11(10)17/h1-6,10H,7H2,(H2,14,18). The van der Waals surface area contributed by atoms with Crippen molar-refractivity contribution in [3.05, 3.63) is 53.6 Å². The van der Waals surface area contributed by atoms with Gasteiger partial charge < -0.3 is 10.3 Å². The van der Waals surface area contributed by atoms with Crippen LogP contribution >= 0.6 is 0 Å². The van der Waals surface area contributed by atoms with E-state index in [0.717, 1.165) is 5.56 Å². The maximum Gasteiger partial charge on any atom is 0.284 e. The van der Waals surface area contributed by atoms with Crippen molar-refractivity contribution >= 4 is 11.7 Å². The highest BCUT2D eigenvalue weighted by molar-refractivity contribution is 6.04. The van der Waals surface area contributed by atoms with Crippen molar-refractivity contribution in [1.29, 1.82) is 0 Å². The van der Waals surface area contributed by atoms with E-state index >= 15 is 0 Å². The maximum absolute atomic E-state index is 12.3. The normalized spacial score (nSPS) is 17.8. The SMILES string of the molecule is NC(=O)c1nccn1C1Cc2ccccc2C1=O. The van der Waals surface area contributed by atoms with E-state index in [1.165, 1.54) is 6.20 Å². The number of carbonyl (C=O) groups excluding carboxylic acids is 2.